The zero-order valence-electron chi connectivity index (χ0n) is 8.21. The molecule has 0 aromatic heterocycles. The summed E-state index contributed by atoms with van der Waals surface area (Å²) < 4.78 is 10.5. The fourth-order valence-electron chi connectivity index (χ4n) is 1.20. The molecule has 1 aliphatic rings. The van der Waals surface area contributed by atoms with Crippen molar-refractivity contribution in [2.45, 2.75) is 39.2 Å². The molecule has 1 saturated heterocycles. The highest BCUT2D eigenvalue weighted by molar-refractivity contribution is 4.67. The Hall–Kier alpha value is -0.0800. The van der Waals surface area contributed by atoms with Crippen LogP contribution in [0.2, 0.25) is 0 Å². The molecule has 1 heterocycles. The van der Waals surface area contributed by atoms with Gasteiger partial charge in [0.05, 0.1) is 13.2 Å². The van der Waals surface area contributed by atoms with Crippen molar-refractivity contribution >= 4 is 0 Å². The molecular weight excluding hydrogens is 152 g/mol. The Balaban J connectivity index is 1.83. The van der Waals surface area contributed by atoms with E-state index in [1.165, 1.54) is 19.3 Å². The van der Waals surface area contributed by atoms with Gasteiger partial charge in [0.1, 0.15) is 6.10 Å². The molecule has 0 aliphatic carbocycles. The van der Waals surface area contributed by atoms with Gasteiger partial charge in [-0.3, -0.25) is 0 Å². The van der Waals surface area contributed by atoms with Crippen LogP contribution in [0.4, 0.5) is 0 Å². The van der Waals surface area contributed by atoms with Crippen LogP contribution in [-0.4, -0.2) is 25.9 Å². The van der Waals surface area contributed by atoms with Crippen molar-refractivity contribution < 1.29 is 9.47 Å². The summed E-state index contributed by atoms with van der Waals surface area (Å²) >= 11 is 0. The standard InChI is InChI=1S/C10H20O2/c1-3-4-5-9(2)6-11-7-10-8-12-10/h9-10H,3-8H2,1-2H3. The van der Waals surface area contributed by atoms with E-state index in [0.717, 1.165) is 19.8 Å². The smallest absolute Gasteiger partial charge is 0.104 e. The van der Waals surface area contributed by atoms with Gasteiger partial charge in [0, 0.05) is 6.61 Å². The Morgan fingerprint density at radius 3 is 2.92 bits per heavy atom. The van der Waals surface area contributed by atoms with Gasteiger partial charge in [-0.25, -0.2) is 0 Å². The summed E-state index contributed by atoms with van der Waals surface area (Å²) in [5, 5.41) is 0. The first-order valence-electron chi connectivity index (χ1n) is 5.02. The van der Waals surface area contributed by atoms with E-state index in [1.54, 1.807) is 0 Å². The van der Waals surface area contributed by atoms with E-state index < -0.39 is 0 Å². The average molecular weight is 172 g/mol. The van der Waals surface area contributed by atoms with Gasteiger partial charge < -0.3 is 9.47 Å². The van der Waals surface area contributed by atoms with Gasteiger partial charge in [-0.2, -0.15) is 0 Å². The number of ether oxygens (including phenoxy) is 2. The summed E-state index contributed by atoms with van der Waals surface area (Å²) in [7, 11) is 0. The largest absolute Gasteiger partial charge is 0.378 e. The first-order chi connectivity index (χ1) is 5.83. The number of hydrogen-bond acceptors (Lipinski definition) is 2. The van der Waals surface area contributed by atoms with Crippen LogP contribution >= 0.6 is 0 Å². The SMILES string of the molecule is CCCCC(C)COCC1CO1. The summed E-state index contributed by atoms with van der Waals surface area (Å²) in [6.45, 7) is 7.09. The Kier molecular flexibility index (Phi) is 4.62. The molecule has 2 nitrogen and oxygen atoms in total. The van der Waals surface area contributed by atoms with Crippen LogP contribution < -0.4 is 0 Å². The van der Waals surface area contributed by atoms with Crippen molar-refractivity contribution in [3.63, 3.8) is 0 Å². The maximum atomic E-state index is 5.49. The van der Waals surface area contributed by atoms with Crippen LogP contribution in [-0.2, 0) is 9.47 Å². The molecule has 0 spiro atoms. The molecule has 0 aromatic carbocycles. The molecule has 0 amide bonds. The van der Waals surface area contributed by atoms with Gasteiger partial charge in [-0.05, 0) is 12.3 Å². The maximum absolute atomic E-state index is 5.49. The average Bonchev–Trinajstić information content (AvgIpc) is 2.84. The van der Waals surface area contributed by atoms with E-state index in [1.807, 2.05) is 0 Å². The van der Waals surface area contributed by atoms with Crippen LogP contribution in [0.15, 0.2) is 0 Å². The molecule has 1 fully saturated rings. The molecule has 0 saturated carbocycles. The van der Waals surface area contributed by atoms with Crippen molar-refractivity contribution in [1.29, 1.82) is 0 Å². The van der Waals surface area contributed by atoms with E-state index in [9.17, 15) is 0 Å². The summed E-state index contributed by atoms with van der Waals surface area (Å²) in [5.74, 6) is 0.712. The second-order valence-electron chi connectivity index (χ2n) is 3.74. The summed E-state index contributed by atoms with van der Waals surface area (Å²) in [6.07, 6.45) is 4.33. The lowest BCUT2D eigenvalue weighted by molar-refractivity contribution is 0.0877. The van der Waals surface area contributed by atoms with E-state index in [0.29, 0.717) is 12.0 Å². The molecule has 72 valence electrons. The van der Waals surface area contributed by atoms with Gasteiger partial charge in [0.2, 0.25) is 0 Å². The van der Waals surface area contributed by atoms with Crippen molar-refractivity contribution in [2.24, 2.45) is 5.92 Å². The molecule has 1 aliphatic heterocycles. The Morgan fingerprint density at radius 1 is 1.58 bits per heavy atom. The Morgan fingerprint density at radius 2 is 2.33 bits per heavy atom. The lowest BCUT2D eigenvalue weighted by Gasteiger charge is -2.10. The second-order valence-corrected chi connectivity index (χ2v) is 3.74. The zero-order chi connectivity index (χ0) is 8.81. The fourth-order valence-corrected chi connectivity index (χ4v) is 1.20. The molecular formula is C10H20O2. The van der Waals surface area contributed by atoms with Gasteiger partial charge in [0.15, 0.2) is 0 Å². The minimum Gasteiger partial charge on any atom is -0.378 e. The van der Waals surface area contributed by atoms with E-state index in [2.05, 4.69) is 13.8 Å². The van der Waals surface area contributed by atoms with Gasteiger partial charge in [0.25, 0.3) is 0 Å². The van der Waals surface area contributed by atoms with Gasteiger partial charge in [-0.1, -0.05) is 26.7 Å². The molecule has 2 unspecified atom stereocenters. The third kappa shape index (κ3) is 4.73. The van der Waals surface area contributed by atoms with Crippen LogP contribution in [0.3, 0.4) is 0 Å². The molecule has 0 radical (unpaired) electrons. The fraction of sp³-hybridized carbons (Fsp3) is 1.00. The minimum atomic E-state index is 0.420. The molecule has 0 aromatic rings. The molecule has 2 atom stereocenters. The highest BCUT2D eigenvalue weighted by Crippen LogP contribution is 2.11. The predicted octanol–water partition coefficient (Wildman–Crippen LogP) is 2.23. The second kappa shape index (κ2) is 5.55. The van der Waals surface area contributed by atoms with Crippen LogP contribution in [0.25, 0.3) is 0 Å². The number of epoxide rings is 1. The third-order valence-corrected chi connectivity index (χ3v) is 2.16. The molecule has 2 heteroatoms. The lowest BCUT2D eigenvalue weighted by Crippen LogP contribution is -2.09. The minimum absolute atomic E-state index is 0.420. The highest BCUT2D eigenvalue weighted by atomic mass is 16.6. The van der Waals surface area contributed by atoms with E-state index >= 15 is 0 Å². The van der Waals surface area contributed by atoms with Gasteiger partial charge >= 0.3 is 0 Å². The third-order valence-electron chi connectivity index (χ3n) is 2.16. The quantitative estimate of drug-likeness (QED) is 0.549. The van der Waals surface area contributed by atoms with Crippen LogP contribution in [0.1, 0.15) is 33.1 Å². The number of rotatable bonds is 7. The Bertz CT molecular complexity index is 110. The van der Waals surface area contributed by atoms with Crippen LogP contribution in [0, 0.1) is 5.92 Å². The van der Waals surface area contributed by atoms with E-state index in [4.69, 9.17) is 9.47 Å². The summed E-state index contributed by atoms with van der Waals surface area (Å²) in [5.41, 5.74) is 0. The van der Waals surface area contributed by atoms with Crippen molar-refractivity contribution in [3.05, 3.63) is 0 Å². The monoisotopic (exact) mass is 172 g/mol. The highest BCUT2D eigenvalue weighted by Gasteiger charge is 2.22. The first-order valence-corrected chi connectivity index (χ1v) is 5.02. The molecule has 12 heavy (non-hydrogen) atoms. The van der Waals surface area contributed by atoms with Gasteiger partial charge in [-0.15, -0.1) is 0 Å². The van der Waals surface area contributed by atoms with Crippen LogP contribution in [0.5, 0.6) is 0 Å². The molecule has 0 bridgehead atoms. The van der Waals surface area contributed by atoms with Crippen molar-refractivity contribution in [1.82, 2.24) is 0 Å². The Labute approximate surface area is 75.2 Å². The van der Waals surface area contributed by atoms with Crippen molar-refractivity contribution in [3.8, 4) is 0 Å². The molecule has 0 N–H and O–H groups in total. The van der Waals surface area contributed by atoms with Crippen molar-refractivity contribution in [2.75, 3.05) is 19.8 Å². The van der Waals surface area contributed by atoms with E-state index in [-0.39, 0.29) is 0 Å². The summed E-state index contributed by atoms with van der Waals surface area (Å²) in [6, 6.07) is 0. The number of unbranched alkanes of at least 4 members (excludes halogenated alkanes) is 1. The molecule has 1 rings (SSSR count). The maximum Gasteiger partial charge on any atom is 0.104 e. The zero-order valence-corrected chi connectivity index (χ0v) is 8.21. The topological polar surface area (TPSA) is 21.8 Å². The summed E-state index contributed by atoms with van der Waals surface area (Å²) in [4.78, 5) is 0. The first kappa shape index (κ1) is 10.0. The predicted molar refractivity (Wildman–Crippen MR) is 49.2 cm³/mol. The number of hydrogen-bond donors (Lipinski definition) is 0. The lowest BCUT2D eigenvalue weighted by atomic mass is 10.1. The normalized spacial score (nSPS) is 24.0.